The smallest absolute Gasteiger partial charge is 0.196 e. The third-order valence-electron chi connectivity index (χ3n) is 7.10. The molecule has 5 heteroatoms. The molecule has 1 atom stereocenters. The summed E-state index contributed by atoms with van der Waals surface area (Å²) >= 11 is 0. The Morgan fingerprint density at radius 1 is 1.07 bits per heavy atom. The molecular weight excluding hydrogens is 376 g/mol. The lowest BCUT2D eigenvalue weighted by atomic mass is 9.91. The second-order valence-electron chi connectivity index (χ2n) is 9.07. The van der Waals surface area contributed by atoms with Crippen LogP contribution in [0.4, 0.5) is 5.69 Å². The standard InChI is InChI=1S/C25H30N2O3/c28-22(18-10-2-1-3-11-18)19-12-13-20-21(23(19)29)27-25(14-6-7-15-25)24(30-20)26-16-17-8-4-5-9-17/h1-3,10-13,17,24,26-27,29H,4-9,14-16H2. The summed E-state index contributed by atoms with van der Waals surface area (Å²) in [6.45, 7) is 0.972. The number of benzene rings is 2. The van der Waals surface area contributed by atoms with Crippen molar-refractivity contribution in [3.8, 4) is 11.5 Å². The van der Waals surface area contributed by atoms with Crippen LogP contribution in [0.25, 0.3) is 0 Å². The van der Waals surface area contributed by atoms with Crippen LogP contribution >= 0.6 is 0 Å². The Labute approximate surface area is 177 Å². The summed E-state index contributed by atoms with van der Waals surface area (Å²) in [5, 5.41) is 18.3. The third kappa shape index (κ3) is 3.45. The zero-order valence-corrected chi connectivity index (χ0v) is 17.3. The molecule has 2 aromatic rings. The number of hydrogen-bond donors (Lipinski definition) is 3. The molecule has 1 aliphatic heterocycles. The van der Waals surface area contributed by atoms with Gasteiger partial charge in [0.05, 0.1) is 11.1 Å². The molecule has 0 aromatic heterocycles. The van der Waals surface area contributed by atoms with Gasteiger partial charge in [0.25, 0.3) is 0 Å². The van der Waals surface area contributed by atoms with E-state index in [2.05, 4.69) is 10.6 Å². The van der Waals surface area contributed by atoms with Gasteiger partial charge in [0, 0.05) is 12.1 Å². The molecule has 5 nitrogen and oxygen atoms in total. The van der Waals surface area contributed by atoms with Crippen molar-refractivity contribution in [2.45, 2.75) is 63.1 Å². The molecule has 0 amide bonds. The van der Waals surface area contributed by atoms with Gasteiger partial charge >= 0.3 is 0 Å². The number of nitrogens with one attached hydrogen (secondary N) is 2. The fraction of sp³-hybridized carbons (Fsp3) is 0.480. The number of anilines is 1. The van der Waals surface area contributed by atoms with Crippen LogP contribution in [0.5, 0.6) is 11.5 Å². The maximum atomic E-state index is 12.9. The van der Waals surface area contributed by atoms with Crippen LogP contribution in [0, 0.1) is 5.92 Å². The Hall–Kier alpha value is -2.53. The Bertz CT molecular complexity index is 915. The minimum absolute atomic E-state index is 0.0122. The van der Waals surface area contributed by atoms with Crippen LogP contribution in [-0.2, 0) is 0 Å². The fourth-order valence-electron chi connectivity index (χ4n) is 5.39. The largest absolute Gasteiger partial charge is 0.505 e. The second kappa shape index (κ2) is 7.95. The minimum Gasteiger partial charge on any atom is -0.505 e. The van der Waals surface area contributed by atoms with E-state index in [1.165, 1.54) is 25.7 Å². The maximum Gasteiger partial charge on any atom is 0.196 e. The number of carbonyl (C=O) groups excluding carboxylic acids is 1. The molecule has 158 valence electrons. The summed E-state index contributed by atoms with van der Waals surface area (Å²) in [6, 6.07) is 12.6. The van der Waals surface area contributed by atoms with Crippen LogP contribution in [0.15, 0.2) is 42.5 Å². The van der Waals surface area contributed by atoms with E-state index in [-0.39, 0.29) is 23.3 Å². The van der Waals surface area contributed by atoms with Crippen LogP contribution in [-0.4, -0.2) is 29.2 Å². The molecular formula is C25H30N2O3. The molecule has 30 heavy (non-hydrogen) atoms. The first-order valence-corrected chi connectivity index (χ1v) is 11.3. The molecule has 0 bridgehead atoms. The Kier molecular flexibility index (Phi) is 5.15. The monoisotopic (exact) mass is 406 g/mol. The van der Waals surface area contributed by atoms with Crippen molar-refractivity contribution < 1.29 is 14.6 Å². The van der Waals surface area contributed by atoms with Crippen molar-refractivity contribution in [1.29, 1.82) is 0 Å². The number of ketones is 1. The Balaban J connectivity index is 1.43. The molecule has 0 saturated heterocycles. The molecule has 1 heterocycles. The number of fused-ring (bicyclic) bond motifs is 1. The highest BCUT2D eigenvalue weighted by molar-refractivity contribution is 6.12. The van der Waals surface area contributed by atoms with Gasteiger partial charge in [-0.3, -0.25) is 10.1 Å². The number of ether oxygens (including phenoxy) is 1. The summed E-state index contributed by atoms with van der Waals surface area (Å²) in [5.74, 6) is 1.15. The third-order valence-corrected chi connectivity index (χ3v) is 7.10. The van der Waals surface area contributed by atoms with Gasteiger partial charge in [-0.15, -0.1) is 0 Å². The van der Waals surface area contributed by atoms with Crippen LogP contribution in [0.1, 0.15) is 67.3 Å². The predicted octanol–water partition coefficient (Wildman–Crippen LogP) is 4.85. The lowest BCUT2D eigenvalue weighted by Gasteiger charge is -2.44. The lowest BCUT2D eigenvalue weighted by molar-refractivity contribution is 0.0758. The van der Waals surface area contributed by atoms with Crippen molar-refractivity contribution in [2.75, 3.05) is 11.9 Å². The van der Waals surface area contributed by atoms with E-state index in [1.54, 1.807) is 18.2 Å². The zero-order valence-electron chi connectivity index (χ0n) is 17.3. The maximum absolute atomic E-state index is 12.9. The highest BCUT2D eigenvalue weighted by Crippen LogP contribution is 2.48. The molecule has 1 spiro atoms. The van der Waals surface area contributed by atoms with Crippen molar-refractivity contribution in [3.63, 3.8) is 0 Å². The molecule has 0 radical (unpaired) electrons. The van der Waals surface area contributed by atoms with E-state index in [1.807, 2.05) is 24.3 Å². The average molecular weight is 407 g/mol. The van der Waals surface area contributed by atoms with Gasteiger partial charge in [0.15, 0.2) is 17.8 Å². The van der Waals surface area contributed by atoms with Crippen molar-refractivity contribution in [1.82, 2.24) is 5.32 Å². The topological polar surface area (TPSA) is 70.6 Å². The molecule has 2 aliphatic carbocycles. The van der Waals surface area contributed by atoms with Crippen LogP contribution < -0.4 is 15.4 Å². The molecule has 2 saturated carbocycles. The summed E-state index contributed by atoms with van der Waals surface area (Å²) in [4.78, 5) is 12.9. The minimum atomic E-state index is -0.239. The first-order chi connectivity index (χ1) is 14.7. The van der Waals surface area contributed by atoms with Gasteiger partial charge in [0.1, 0.15) is 11.4 Å². The summed E-state index contributed by atoms with van der Waals surface area (Å²) < 4.78 is 6.41. The highest BCUT2D eigenvalue weighted by atomic mass is 16.5. The molecule has 3 N–H and O–H groups in total. The average Bonchev–Trinajstić information content (AvgIpc) is 3.46. The molecule has 2 fully saturated rings. The van der Waals surface area contributed by atoms with E-state index in [0.29, 0.717) is 22.6 Å². The summed E-state index contributed by atoms with van der Waals surface area (Å²) in [5.41, 5.74) is 1.19. The predicted molar refractivity (Wildman–Crippen MR) is 117 cm³/mol. The van der Waals surface area contributed by atoms with Crippen molar-refractivity contribution in [2.24, 2.45) is 5.92 Å². The van der Waals surface area contributed by atoms with Gasteiger partial charge in [-0.05, 0) is 43.7 Å². The number of carbonyl (C=O) groups is 1. The quantitative estimate of drug-likeness (QED) is 0.489. The normalized spacial score (nSPS) is 22.5. The van der Waals surface area contributed by atoms with Crippen molar-refractivity contribution in [3.05, 3.63) is 53.6 Å². The van der Waals surface area contributed by atoms with Crippen LogP contribution in [0.3, 0.4) is 0 Å². The zero-order chi connectivity index (χ0) is 20.6. The van der Waals surface area contributed by atoms with E-state index in [9.17, 15) is 9.90 Å². The van der Waals surface area contributed by atoms with E-state index >= 15 is 0 Å². The molecule has 2 aromatic carbocycles. The number of hydrogen-bond acceptors (Lipinski definition) is 5. The van der Waals surface area contributed by atoms with E-state index < -0.39 is 0 Å². The Morgan fingerprint density at radius 2 is 1.80 bits per heavy atom. The van der Waals surface area contributed by atoms with Gasteiger partial charge in [-0.2, -0.15) is 0 Å². The number of aromatic hydroxyl groups is 1. The highest BCUT2D eigenvalue weighted by Gasteiger charge is 2.47. The number of phenols is 1. The molecule has 1 unspecified atom stereocenters. The summed E-state index contributed by atoms with van der Waals surface area (Å²) in [7, 11) is 0. The van der Waals surface area contributed by atoms with Gasteiger partial charge < -0.3 is 15.2 Å². The Morgan fingerprint density at radius 3 is 2.53 bits per heavy atom. The van der Waals surface area contributed by atoms with Gasteiger partial charge in [0.2, 0.25) is 0 Å². The SMILES string of the molecule is O=C(c1ccccc1)c1ccc2c(c1O)NC1(CCCC1)C(NCC1CCCC1)O2. The summed E-state index contributed by atoms with van der Waals surface area (Å²) in [6.07, 6.45) is 9.38. The molecule has 5 rings (SSSR count). The molecule has 3 aliphatic rings. The first kappa shape index (κ1) is 19.4. The van der Waals surface area contributed by atoms with Crippen LogP contribution in [0.2, 0.25) is 0 Å². The van der Waals surface area contributed by atoms with Gasteiger partial charge in [-0.1, -0.05) is 56.0 Å². The van der Waals surface area contributed by atoms with E-state index in [4.69, 9.17) is 4.74 Å². The first-order valence-electron chi connectivity index (χ1n) is 11.3. The van der Waals surface area contributed by atoms with Crippen molar-refractivity contribution >= 4 is 11.5 Å². The second-order valence-corrected chi connectivity index (χ2v) is 9.07. The van der Waals surface area contributed by atoms with Gasteiger partial charge in [-0.25, -0.2) is 0 Å². The lowest BCUT2D eigenvalue weighted by Crippen LogP contribution is -2.60. The number of rotatable bonds is 5. The number of phenolic OH excluding ortho intramolecular Hbond substituents is 1. The fourth-order valence-corrected chi connectivity index (χ4v) is 5.39. The van der Waals surface area contributed by atoms with E-state index in [0.717, 1.165) is 38.1 Å².